The van der Waals surface area contributed by atoms with Gasteiger partial charge >= 0.3 is 5.97 Å². The Morgan fingerprint density at radius 1 is 1.17 bits per heavy atom. The SMILES string of the molecule is CCC(CC1NC=CC1C)c1c(C#Cc2ccc(COC3CCOCC3)cc2)cccc1C(=O)O. The molecule has 0 aliphatic carbocycles. The molecule has 0 amide bonds. The molecule has 0 aromatic heterocycles. The lowest BCUT2D eigenvalue weighted by Crippen LogP contribution is -2.28. The monoisotopic (exact) mass is 473 g/mol. The predicted octanol–water partition coefficient (Wildman–Crippen LogP) is 5.49. The van der Waals surface area contributed by atoms with Gasteiger partial charge in [-0.25, -0.2) is 4.79 Å². The van der Waals surface area contributed by atoms with Gasteiger partial charge in [0.1, 0.15) is 0 Å². The van der Waals surface area contributed by atoms with Crippen LogP contribution in [0.5, 0.6) is 0 Å². The Bertz CT molecular complexity index is 1090. The summed E-state index contributed by atoms with van der Waals surface area (Å²) in [5.74, 6) is 6.16. The quantitative estimate of drug-likeness (QED) is 0.497. The number of rotatable bonds is 8. The highest BCUT2D eigenvalue weighted by Gasteiger charge is 2.27. The third kappa shape index (κ3) is 6.54. The van der Waals surface area contributed by atoms with E-state index in [1.165, 1.54) is 0 Å². The number of hydrogen-bond donors (Lipinski definition) is 2. The number of aromatic carboxylic acids is 1. The first-order chi connectivity index (χ1) is 17.0. The molecule has 5 nitrogen and oxygen atoms in total. The van der Waals surface area contributed by atoms with Crippen molar-refractivity contribution in [3.8, 4) is 11.8 Å². The molecule has 2 aromatic carbocycles. The highest BCUT2D eigenvalue weighted by Crippen LogP contribution is 2.33. The first kappa shape index (κ1) is 25.0. The van der Waals surface area contributed by atoms with Crippen LogP contribution in [0.15, 0.2) is 54.7 Å². The lowest BCUT2D eigenvalue weighted by atomic mass is 9.82. The van der Waals surface area contributed by atoms with Crippen molar-refractivity contribution >= 4 is 5.97 Å². The van der Waals surface area contributed by atoms with E-state index in [9.17, 15) is 9.90 Å². The minimum Gasteiger partial charge on any atom is -0.478 e. The fraction of sp³-hybridized carbons (Fsp3) is 0.433. The molecule has 1 fully saturated rings. The van der Waals surface area contributed by atoms with Crippen molar-refractivity contribution in [2.45, 2.75) is 64.2 Å². The fourth-order valence-corrected chi connectivity index (χ4v) is 4.88. The van der Waals surface area contributed by atoms with Crippen molar-refractivity contribution in [1.82, 2.24) is 5.32 Å². The van der Waals surface area contributed by atoms with Crippen molar-refractivity contribution in [1.29, 1.82) is 0 Å². The number of benzene rings is 2. The molecule has 2 aliphatic heterocycles. The predicted molar refractivity (Wildman–Crippen MR) is 137 cm³/mol. The average Bonchev–Trinajstić information content (AvgIpc) is 3.30. The molecule has 0 saturated carbocycles. The minimum atomic E-state index is -0.901. The Hall–Kier alpha value is -3.07. The van der Waals surface area contributed by atoms with Crippen LogP contribution in [0.25, 0.3) is 0 Å². The van der Waals surface area contributed by atoms with Gasteiger partial charge in [-0.05, 0) is 79.1 Å². The fourth-order valence-electron chi connectivity index (χ4n) is 4.88. The molecule has 2 N–H and O–H groups in total. The van der Waals surface area contributed by atoms with Crippen LogP contribution in [0, 0.1) is 17.8 Å². The zero-order valence-corrected chi connectivity index (χ0v) is 20.6. The number of carboxylic acids is 1. The number of nitrogens with one attached hydrogen (secondary N) is 1. The topological polar surface area (TPSA) is 67.8 Å². The highest BCUT2D eigenvalue weighted by molar-refractivity contribution is 5.90. The molecule has 1 saturated heterocycles. The van der Waals surface area contributed by atoms with E-state index in [2.05, 4.69) is 37.1 Å². The largest absolute Gasteiger partial charge is 0.478 e. The molecule has 0 bridgehead atoms. The lowest BCUT2D eigenvalue weighted by molar-refractivity contribution is -0.0390. The molecule has 2 aliphatic rings. The number of carboxylic acid groups (broad SMARTS) is 1. The van der Waals surface area contributed by atoms with Crippen LogP contribution < -0.4 is 5.32 Å². The highest BCUT2D eigenvalue weighted by atomic mass is 16.5. The summed E-state index contributed by atoms with van der Waals surface area (Å²) in [4.78, 5) is 12.1. The molecule has 184 valence electrons. The van der Waals surface area contributed by atoms with Gasteiger partial charge < -0.3 is 19.9 Å². The zero-order chi connectivity index (χ0) is 24.6. The van der Waals surface area contributed by atoms with Gasteiger partial charge in [-0.2, -0.15) is 0 Å². The average molecular weight is 474 g/mol. The lowest BCUT2D eigenvalue weighted by Gasteiger charge is -2.25. The first-order valence-electron chi connectivity index (χ1n) is 12.6. The van der Waals surface area contributed by atoms with E-state index in [4.69, 9.17) is 9.47 Å². The summed E-state index contributed by atoms with van der Waals surface area (Å²) in [5, 5.41) is 13.3. The Balaban J connectivity index is 1.51. The summed E-state index contributed by atoms with van der Waals surface area (Å²) in [6.07, 6.45) is 8.06. The van der Waals surface area contributed by atoms with Crippen molar-refractivity contribution in [3.05, 3.63) is 82.6 Å². The number of carbonyl (C=O) groups is 1. The minimum absolute atomic E-state index is 0.108. The van der Waals surface area contributed by atoms with Gasteiger partial charge in [0.2, 0.25) is 0 Å². The maximum absolute atomic E-state index is 12.1. The second-order valence-electron chi connectivity index (χ2n) is 9.47. The van der Waals surface area contributed by atoms with Gasteiger partial charge in [0.25, 0.3) is 0 Å². The molecule has 3 unspecified atom stereocenters. The summed E-state index contributed by atoms with van der Waals surface area (Å²) < 4.78 is 11.4. The maximum atomic E-state index is 12.1. The van der Waals surface area contributed by atoms with Crippen LogP contribution in [-0.4, -0.2) is 36.4 Å². The molecule has 0 radical (unpaired) electrons. The summed E-state index contributed by atoms with van der Waals surface area (Å²) in [5.41, 5.74) is 4.01. The van der Waals surface area contributed by atoms with E-state index in [-0.39, 0.29) is 12.0 Å². The number of ether oxygens (including phenoxy) is 2. The van der Waals surface area contributed by atoms with Crippen molar-refractivity contribution in [3.63, 3.8) is 0 Å². The van der Waals surface area contributed by atoms with E-state index in [1.807, 2.05) is 36.5 Å². The first-order valence-corrected chi connectivity index (χ1v) is 12.6. The van der Waals surface area contributed by atoms with Gasteiger partial charge in [-0.1, -0.05) is 50.0 Å². The van der Waals surface area contributed by atoms with Gasteiger partial charge in [0.05, 0.1) is 18.3 Å². The van der Waals surface area contributed by atoms with Crippen LogP contribution in [0.1, 0.15) is 78.1 Å². The zero-order valence-electron chi connectivity index (χ0n) is 20.6. The van der Waals surface area contributed by atoms with E-state index < -0.39 is 5.97 Å². The van der Waals surface area contributed by atoms with E-state index in [0.29, 0.717) is 24.1 Å². The van der Waals surface area contributed by atoms with Crippen molar-refractivity contribution < 1.29 is 19.4 Å². The second-order valence-corrected chi connectivity index (χ2v) is 9.47. The molecule has 5 heteroatoms. The molecule has 35 heavy (non-hydrogen) atoms. The number of hydrogen-bond acceptors (Lipinski definition) is 4. The van der Waals surface area contributed by atoms with Crippen LogP contribution in [0.3, 0.4) is 0 Å². The van der Waals surface area contributed by atoms with Crippen LogP contribution in [0.2, 0.25) is 0 Å². The molecule has 0 spiro atoms. The van der Waals surface area contributed by atoms with E-state index in [1.54, 1.807) is 12.1 Å². The van der Waals surface area contributed by atoms with E-state index >= 15 is 0 Å². The van der Waals surface area contributed by atoms with Crippen molar-refractivity contribution in [2.75, 3.05) is 13.2 Å². The second kappa shape index (κ2) is 12.1. The molecule has 3 atom stereocenters. The Kier molecular flexibility index (Phi) is 8.63. The Morgan fingerprint density at radius 3 is 2.60 bits per heavy atom. The summed E-state index contributed by atoms with van der Waals surface area (Å²) in [6.45, 7) is 6.45. The molecule has 2 aromatic rings. The summed E-state index contributed by atoms with van der Waals surface area (Å²) >= 11 is 0. The third-order valence-corrected chi connectivity index (χ3v) is 7.07. The normalized spacial score (nSPS) is 20.6. The molecule has 4 rings (SSSR count). The smallest absolute Gasteiger partial charge is 0.336 e. The summed E-state index contributed by atoms with van der Waals surface area (Å²) in [7, 11) is 0. The van der Waals surface area contributed by atoms with Gasteiger partial charge in [0.15, 0.2) is 0 Å². The van der Waals surface area contributed by atoms with E-state index in [0.717, 1.165) is 61.2 Å². The standard InChI is InChI=1S/C30H35NO4/c1-3-24(19-28-21(2)13-16-31-28)29-25(5-4-6-27(29)30(32)33)12-11-22-7-9-23(10-8-22)20-35-26-14-17-34-18-15-26/h4-10,13,16,21,24,26,28,31H,3,14-15,17-20H2,1-2H3,(H,32,33). The van der Waals surface area contributed by atoms with Gasteiger partial charge in [-0.3, -0.25) is 0 Å². The summed E-state index contributed by atoms with van der Waals surface area (Å²) in [6, 6.07) is 13.8. The van der Waals surface area contributed by atoms with Crippen LogP contribution >= 0.6 is 0 Å². The molecule has 2 heterocycles. The van der Waals surface area contributed by atoms with Gasteiger partial charge in [-0.15, -0.1) is 0 Å². The van der Waals surface area contributed by atoms with Crippen LogP contribution in [-0.2, 0) is 16.1 Å². The van der Waals surface area contributed by atoms with Crippen molar-refractivity contribution in [2.24, 2.45) is 5.92 Å². The third-order valence-electron chi connectivity index (χ3n) is 7.07. The molecular weight excluding hydrogens is 438 g/mol. The Morgan fingerprint density at radius 2 is 1.94 bits per heavy atom. The van der Waals surface area contributed by atoms with Crippen LogP contribution in [0.4, 0.5) is 0 Å². The Labute approximate surface area is 208 Å². The van der Waals surface area contributed by atoms with Gasteiger partial charge in [0, 0.05) is 30.4 Å². The molecular formula is C30H35NO4. The maximum Gasteiger partial charge on any atom is 0.336 e.